The number of nitro groups is 1. The van der Waals surface area contributed by atoms with Crippen LogP contribution in [0.2, 0.25) is 0 Å². The van der Waals surface area contributed by atoms with Crippen molar-refractivity contribution in [3.05, 3.63) is 66.8 Å². The number of aryl methyl sites for hydroxylation is 1. The van der Waals surface area contributed by atoms with Crippen LogP contribution in [0.25, 0.3) is 0 Å². The van der Waals surface area contributed by atoms with Crippen LogP contribution >= 0.6 is 22.6 Å². The molecule has 0 fully saturated rings. The van der Waals surface area contributed by atoms with E-state index in [2.05, 4.69) is 10.6 Å². The molecule has 0 spiro atoms. The van der Waals surface area contributed by atoms with Crippen molar-refractivity contribution in [2.45, 2.75) is 26.8 Å². The zero-order chi connectivity index (χ0) is 19.4. The number of halogens is 1. The quantitative estimate of drug-likeness (QED) is 0.396. The summed E-state index contributed by atoms with van der Waals surface area (Å²) in [5.74, 6) is -0.609. The van der Waals surface area contributed by atoms with Crippen LogP contribution in [-0.4, -0.2) is 22.8 Å². The van der Waals surface area contributed by atoms with E-state index in [1.807, 2.05) is 43.4 Å². The lowest BCUT2D eigenvalue weighted by atomic mass is 10.1. The predicted octanol–water partition coefficient (Wildman–Crippen LogP) is 3.90. The number of carbonyl (C=O) groups is 2. The predicted molar refractivity (Wildman–Crippen MR) is 108 cm³/mol. The number of anilines is 1. The molecule has 2 aromatic carbocycles. The Morgan fingerprint density at radius 1 is 1.08 bits per heavy atom. The average molecular weight is 467 g/mol. The molecule has 0 aliphatic rings. The van der Waals surface area contributed by atoms with E-state index in [0.29, 0.717) is 20.4 Å². The molecule has 26 heavy (non-hydrogen) atoms. The van der Waals surface area contributed by atoms with Gasteiger partial charge in [0.15, 0.2) is 0 Å². The largest absolute Gasteiger partial charge is 0.350 e. The Balaban J connectivity index is 2.24. The number of nitrogens with one attached hydrogen (secondary N) is 2. The number of hydrogen-bond acceptors (Lipinski definition) is 4. The Labute approximate surface area is 164 Å². The molecule has 0 aromatic heterocycles. The van der Waals surface area contributed by atoms with Crippen LogP contribution in [0.3, 0.4) is 0 Å². The van der Waals surface area contributed by atoms with Gasteiger partial charge in [0.05, 0.1) is 10.5 Å². The number of rotatable bonds is 5. The Hall–Kier alpha value is -2.49. The van der Waals surface area contributed by atoms with Gasteiger partial charge in [0, 0.05) is 33.0 Å². The average Bonchev–Trinajstić information content (AvgIpc) is 2.55. The van der Waals surface area contributed by atoms with E-state index in [0.717, 1.165) is 5.56 Å². The Morgan fingerprint density at radius 2 is 1.77 bits per heavy atom. The zero-order valence-corrected chi connectivity index (χ0v) is 16.7. The van der Waals surface area contributed by atoms with Crippen LogP contribution in [-0.2, 0) is 0 Å². The minimum absolute atomic E-state index is 0.00170. The highest BCUT2D eigenvalue weighted by Gasteiger charge is 2.16. The number of nitro benzene ring substituents is 1. The van der Waals surface area contributed by atoms with Gasteiger partial charge in [0.1, 0.15) is 0 Å². The summed E-state index contributed by atoms with van der Waals surface area (Å²) in [5, 5.41) is 16.3. The maximum atomic E-state index is 12.5. The summed E-state index contributed by atoms with van der Waals surface area (Å²) in [4.78, 5) is 35.0. The van der Waals surface area contributed by atoms with Gasteiger partial charge in [-0.25, -0.2) is 0 Å². The minimum atomic E-state index is -0.510. The highest BCUT2D eigenvalue weighted by atomic mass is 127. The van der Waals surface area contributed by atoms with Crippen LogP contribution in [0.1, 0.15) is 40.1 Å². The summed E-state index contributed by atoms with van der Waals surface area (Å²) < 4.78 is 0.471. The fraction of sp³-hybridized carbons (Fsp3) is 0.222. The lowest BCUT2D eigenvalue weighted by molar-refractivity contribution is -0.384. The molecule has 0 saturated carbocycles. The fourth-order valence-corrected chi connectivity index (χ4v) is 3.03. The third kappa shape index (κ3) is 4.78. The van der Waals surface area contributed by atoms with Crippen molar-refractivity contribution in [3.8, 4) is 0 Å². The molecular formula is C18H18IN3O4. The van der Waals surface area contributed by atoms with E-state index in [1.54, 1.807) is 18.2 Å². The molecule has 2 N–H and O–H groups in total. The second-order valence-electron chi connectivity index (χ2n) is 6.03. The van der Waals surface area contributed by atoms with Gasteiger partial charge in [-0.3, -0.25) is 19.7 Å². The summed E-state index contributed by atoms with van der Waals surface area (Å²) in [6.07, 6.45) is 0. The molecule has 2 aromatic rings. The molecule has 0 aliphatic heterocycles. The van der Waals surface area contributed by atoms with Crippen LogP contribution in [0.15, 0.2) is 36.4 Å². The molecule has 0 atom stereocenters. The van der Waals surface area contributed by atoms with E-state index in [4.69, 9.17) is 0 Å². The fourth-order valence-electron chi connectivity index (χ4n) is 2.28. The Kier molecular flexibility index (Phi) is 6.30. The maximum Gasteiger partial charge on any atom is 0.270 e. The Bertz CT molecular complexity index is 881. The first-order valence-electron chi connectivity index (χ1n) is 7.86. The molecule has 0 aliphatic carbocycles. The first-order valence-corrected chi connectivity index (χ1v) is 8.93. The summed E-state index contributed by atoms with van der Waals surface area (Å²) in [7, 11) is 0. The molecule has 0 unspecified atom stereocenters. The lowest BCUT2D eigenvalue weighted by Gasteiger charge is -2.13. The molecule has 136 valence electrons. The number of amides is 2. The second kappa shape index (κ2) is 8.26. The monoisotopic (exact) mass is 467 g/mol. The minimum Gasteiger partial charge on any atom is -0.350 e. The van der Waals surface area contributed by atoms with Crippen molar-refractivity contribution < 1.29 is 14.5 Å². The number of benzene rings is 2. The van der Waals surface area contributed by atoms with Crippen molar-refractivity contribution >= 4 is 45.8 Å². The first kappa shape index (κ1) is 19.8. The third-order valence-electron chi connectivity index (χ3n) is 3.57. The Morgan fingerprint density at radius 3 is 2.35 bits per heavy atom. The van der Waals surface area contributed by atoms with Crippen LogP contribution < -0.4 is 10.6 Å². The van der Waals surface area contributed by atoms with Crippen molar-refractivity contribution in [1.82, 2.24) is 5.32 Å². The second-order valence-corrected chi connectivity index (χ2v) is 7.20. The van der Waals surface area contributed by atoms with Gasteiger partial charge in [-0.15, -0.1) is 0 Å². The van der Waals surface area contributed by atoms with Gasteiger partial charge in [-0.05, 0) is 67.1 Å². The van der Waals surface area contributed by atoms with Crippen LogP contribution in [0.5, 0.6) is 0 Å². The van der Waals surface area contributed by atoms with Crippen molar-refractivity contribution in [2.75, 3.05) is 5.32 Å². The highest BCUT2D eigenvalue weighted by molar-refractivity contribution is 14.1. The van der Waals surface area contributed by atoms with Gasteiger partial charge >= 0.3 is 0 Å². The van der Waals surface area contributed by atoms with E-state index < -0.39 is 10.8 Å². The molecular weight excluding hydrogens is 449 g/mol. The molecule has 8 heteroatoms. The molecule has 2 amide bonds. The topological polar surface area (TPSA) is 101 Å². The smallest absolute Gasteiger partial charge is 0.270 e. The summed E-state index contributed by atoms with van der Waals surface area (Å²) in [5.41, 5.74) is 2.00. The molecule has 7 nitrogen and oxygen atoms in total. The summed E-state index contributed by atoms with van der Waals surface area (Å²) in [6, 6.07) is 9.11. The summed E-state index contributed by atoms with van der Waals surface area (Å²) >= 11 is 1.88. The van der Waals surface area contributed by atoms with Crippen molar-refractivity contribution in [2.24, 2.45) is 0 Å². The van der Waals surface area contributed by atoms with Gasteiger partial charge in [0.2, 0.25) is 0 Å². The molecule has 0 saturated heterocycles. The van der Waals surface area contributed by atoms with Gasteiger partial charge in [-0.1, -0.05) is 6.07 Å². The highest BCUT2D eigenvalue weighted by Crippen LogP contribution is 2.22. The van der Waals surface area contributed by atoms with E-state index in [1.165, 1.54) is 18.2 Å². The normalized spacial score (nSPS) is 10.5. The third-order valence-corrected chi connectivity index (χ3v) is 4.46. The first-order chi connectivity index (χ1) is 12.2. The molecule has 0 radical (unpaired) electrons. The zero-order valence-electron chi connectivity index (χ0n) is 14.5. The molecule has 0 heterocycles. The maximum absolute atomic E-state index is 12.5. The number of hydrogen-bond donors (Lipinski definition) is 2. The summed E-state index contributed by atoms with van der Waals surface area (Å²) in [6.45, 7) is 5.56. The van der Waals surface area contributed by atoms with Crippen LogP contribution in [0.4, 0.5) is 11.4 Å². The number of carbonyl (C=O) groups excluding carboxylic acids is 2. The standard InChI is InChI=1S/C18H18IN3O4/c1-10(2)20-18(24)15-8-12(5-4-11(15)3)21-17(23)14-7-6-13(22(25)26)9-16(14)19/h4-10H,1-3H3,(H,20,24)(H,21,23). The van der Waals surface area contributed by atoms with Gasteiger partial charge in [-0.2, -0.15) is 0 Å². The number of non-ortho nitro benzene ring substituents is 1. The molecule has 2 rings (SSSR count). The van der Waals surface area contributed by atoms with Crippen molar-refractivity contribution in [3.63, 3.8) is 0 Å². The van der Waals surface area contributed by atoms with Gasteiger partial charge in [0.25, 0.3) is 17.5 Å². The van der Waals surface area contributed by atoms with E-state index in [-0.39, 0.29) is 17.6 Å². The van der Waals surface area contributed by atoms with Crippen LogP contribution in [0, 0.1) is 20.6 Å². The van der Waals surface area contributed by atoms with E-state index >= 15 is 0 Å². The molecule has 0 bridgehead atoms. The number of nitrogens with zero attached hydrogens (tertiary/aromatic N) is 1. The van der Waals surface area contributed by atoms with Gasteiger partial charge < -0.3 is 10.6 Å². The SMILES string of the molecule is Cc1ccc(NC(=O)c2ccc([N+](=O)[O-])cc2I)cc1C(=O)NC(C)C. The lowest BCUT2D eigenvalue weighted by Crippen LogP contribution is -2.30. The van der Waals surface area contributed by atoms with Crippen molar-refractivity contribution in [1.29, 1.82) is 0 Å². The van der Waals surface area contributed by atoms with E-state index in [9.17, 15) is 19.7 Å².